The number of thiazole rings is 1. The number of carbonyl (C=O) groups is 1. The fourth-order valence-corrected chi connectivity index (χ4v) is 2.95. The number of carbonyl (C=O) groups excluding carboxylic acids is 1. The van der Waals surface area contributed by atoms with Crippen LogP contribution >= 0.6 is 11.3 Å². The number of ether oxygens (including phenoxy) is 1. The van der Waals surface area contributed by atoms with Crippen LogP contribution in [0.25, 0.3) is 10.2 Å². The number of amides is 1. The number of benzene rings is 2. The summed E-state index contributed by atoms with van der Waals surface area (Å²) in [5, 5.41) is 2.72. The topological polar surface area (TPSA) is 51.2 Å². The van der Waals surface area contributed by atoms with Gasteiger partial charge in [-0.05, 0) is 24.6 Å². The zero-order chi connectivity index (χ0) is 16.4. The number of fused-ring (bicyclic) bond motifs is 1. The molecule has 0 fully saturated rings. The van der Waals surface area contributed by atoms with Crippen molar-refractivity contribution in [1.82, 2.24) is 4.98 Å². The maximum absolute atomic E-state index is 13.6. The molecule has 1 aromatic heterocycles. The maximum atomic E-state index is 13.6. The van der Waals surface area contributed by atoms with Crippen LogP contribution in [0.5, 0.6) is 5.75 Å². The van der Waals surface area contributed by atoms with Gasteiger partial charge in [0.1, 0.15) is 17.1 Å². The van der Waals surface area contributed by atoms with E-state index in [1.54, 1.807) is 6.07 Å². The van der Waals surface area contributed by atoms with Crippen LogP contribution in [-0.4, -0.2) is 17.5 Å². The molecule has 0 spiro atoms. The van der Waals surface area contributed by atoms with E-state index in [0.717, 1.165) is 23.0 Å². The van der Waals surface area contributed by atoms with Crippen LogP contribution in [0, 0.1) is 18.6 Å². The molecule has 0 aliphatic rings. The van der Waals surface area contributed by atoms with Gasteiger partial charge >= 0.3 is 0 Å². The minimum Gasteiger partial charge on any atom is -0.483 e. The molecule has 23 heavy (non-hydrogen) atoms. The van der Waals surface area contributed by atoms with Crippen LogP contribution in [0.3, 0.4) is 0 Å². The van der Waals surface area contributed by atoms with Crippen molar-refractivity contribution in [3.05, 3.63) is 53.6 Å². The molecule has 0 aliphatic carbocycles. The Morgan fingerprint density at radius 3 is 2.87 bits per heavy atom. The Bertz CT molecular complexity index is 880. The van der Waals surface area contributed by atoms with Crippen LogP contribution in [0.1, 0.15) is 5.56 Å². The minimum atomic E-state index is -0.757. The van der Waals surface area contributed by atoms with E-state index in [2.05, 4.69) is 10.3 Å². The lowest BCUT2D eigenvalue weighted by atomic mass is 10.2. The summed E-state index contributed by atoms with van der Waals surface area (Å²) in [4.78, 5) is 15.8. The predicted octanol–water partition coefficient (Wildman–Crippen LogP) is 3.90. The first-order valence-electron chi connectivity index (χ1n) is 6.77. The van der Waals surface area contributed by atoms with Gasteiger partial charge in [0.05, 0.1) is 4.70 Å². The van der Waals surface area contributed by atoms with Crippen molar-refractivity contribution in [3.63, 3.8) is 0 Å². The van der Waals surface area contributed by atoms with Gasteiger partial charge in [-0.2, -0.15) is 0 Å². The molecule has 2 aromatic carbocycles. The first-order chi connectivity index (χ1) is 11.0. The van der Waals surface area contributed by atoms with Gasteiger partial charge in [-0.1, -0.05) is 29.5 Å². The van der Waals surface area contributed by atoms with Crippen molar-refractivity contribution in [2.45, 2.75) is 6.92 Å². The SMILES string of the molecule is Cc1ccccc1OCC(=O)Nc1nc2c(F)cc(F)cc2s1. The number of rotatable bonds is 4. The highest BCUT2D eigenvalue weighted by atomic mass is 32.1. The zero-order valence-electron chi connectivity index (χ0n) is 12.1. The Kier molecular flexibility index (Phi) is 4.20. The number of nitrogens with zero attached hydrogens (tertiary/aromatic N) is 1. The Balaban J connectivity index is 1.68. The summed E-state index contributed by atoms with van der Waals surface area (Å²) in [6, 6.07) is 9.25. The molecule has 0 bridgehead atoms. The number of hydrogen-bond donors (Lipinski definition) is 1. The number of para-hydroxylation sites is 1. The number of aromatic nitrogens is 1. The zero-order valence-corrected chi connectivity index (χ0v) is 12.9. The van der Waals surface area contributed by atoms with Crippen molar-refractivity contribution in [2.75, 3.05) is 11.9 Å². The Morgan fingerprint density at radius 2 is 2.09 bits per heavy atom. The molecule has 118 valence electrons. The number of aryl methyl sites for hydroxylation is 1. The van der Waals surface area contributed by atoms with Gasteiger partial charge in [0.2, 0.25) is 0 Å². The molecule has 7 heteroatoms. The molecule has 1 amide bonds. The van der Waals surface area contributed by atoms with Crippen LogP contribution in [0.4, 0.5) is 13.9 Å². The smallest absolute Gasteiger partial charge is 0.264 e. The fraction of sp³-hybridized carbons (Fsp3) is 0.125. The summed E-state index contributed by atoms with van der Waals surface area (Å²) < 4.78 is 32.5. The molecule has 3 rings (SSSR count). The Labute approximate surface area is 134 Å². The summed E-state index contributed by atoms with van der Waals surface area (Å²) in [6.07, 6.45) is 0. The van der Waals surface area contributed by atoms with Gasteiger partial charge < -0.3 is 4.74 Å². The van der Waals surface area contributed by atoms with Crippen molar-refractivity contribution < 1.29 is 18.3 Å². The van der Waals surface area contributed by atoms with Gasteiger partial charge in [0.15, 0.2) is 17.6 Å². The minimum absolute atomic E-state index is 0.0338. The molecule has 0 saturated carbocycles. The standard InChI is InChI=1S/C16H12F2N2O2S/c1-9-4-2-3-5-12(9)22-8-14(21)19-16-20-15-11(18)6-10(17)7-13(15)23-16/h2-7H,8H2,1H3,(H,19,20,21). The maximum Gasteiger partial charge on any atom is 0.264 e. The van der Waals surface area contributed by atoms with Crippen LogP contribution in [0.15, 0.2) is 36.4 Å². The monoisotopic (exact) mass is 334 g/mol. The highest BCUT2D eigenvalue weighted by Crippen LogP contribution is 2.28. The molecule has 0 aliphatic heterocycles. The molecule has 0 atom stereocenters. The van der Waals surface area contributed by atoms with Crippen molar-refractivity contribution in [1.29, 1.82) is 0 Å². The van der Waals surface area contributed by atoms with Gasteiger partial charge in [-0.3, -0.25) is 10.1 Å². The van der Waals surface area contributed by atoms with E-state index < -0.39 is 17.5 Å². The summed E-state index contributed by atoms with van der Waals surface area (Å²) in [5.41, 5.74) is 0.948. The van der Waals surface area contributed by atoms with E-state index in [1.165, 1.54) is 6.07 Å². The molecule has 1 N–H and O–H groups in total. The van der Waals surface area contributed by atoms with Gasteiger partial charge in [0.25, 0.3) is 5.91 Å². The fourth-order valence-electron chi connectivity index (χ4n) is 2.03. The summed E-state index contributed by atoms with van der Waals surface area (Å²) in [6.45, 7) is 1.68. The second-order valence-electron chi connectivity index (χ2n) is 4.86. The third kappa shape index (κ3) is 3.45. The van der Waals surface area contributed by atoms with E-state index in [0.29, 0.717) is 10.4 Å². The summed E-state index contributed by atoms with van der Waals surface area (Å²) >= 11 is 1.00. The summed E-state index contributed by atoms with van der Waals surface area (Å²) in [7, 11) is 0. The van der Waals surface area contributed by atoms with E-state index in [-0.39, 0.29) is 17.3 Å². The third-order valence-corrected chi connectivity index (χ3v) is 4.03. The number of halogens is 2. The predicted molar refractivity (Wildman–Crippen MR) is 84.8 cm³/mol. The highest BCUT2D eigenvalue weighted by molar-refractivity contribution is 7.22. The molecule has 0 unspecified atom stereocenters. The van der Waals surface area contributed by atoms with Crippen LogP contribution in [0.2, 0.25) is 0 Å². The van der Waals surface area contributed by atoms with Crippen molar-refractivity contribution >= 4 is 32.6 Å². The molecular weight excluding hydrogens is 322 g/mol. The average molecular weight is 334 g/mol. The normalized spacial score (nSPS) is 10.7. The van der Waals surface area contributed by atoms with E-state index in [1.807, 2.05) is 25.1 Å². The number of nitrogens with one attached hydrogen (secondary N) is 1. The van der Waals surface area contributed by atoms with Crippen molar-refractivity contribution in [3.8, 4) is 5.75 Å². The van der Waals surface area contributed by atoms with Crippen molar-refractivity contribution in [2.24, 2.45) is 0 Å². The van der Waals surface area contributed by atoms with Gasteiger partial charge in [0, 0.05) is 6.07 Å². The average Bonchev–Trinajstić information content (AvgIpc) is 2.89. The third-order valence-electron chi connectivity index (χ3n) is 3.11. The molecule has 0 saturated heterocycles. The Hall–Kier alpha value is -2.54. The van der Waals surface area contributed by atoms with E-state index in [9.17, 15) is 13.6 Å². The molecule has 0 radical (unpaired) electrons. The lowest BCUT2D eigenvalue weighted by Gasteiger charge is -2.07. The quantitative estimate of drug-likeness (QED) is 0.787. The largest absolute Gasteiger partial charge is 0.483 e. The van der Waals surface area contributed by atoms with Crippen LogP contribution < -0.4 is 10.1 Å². The lowest BCUT2D eigenvalue weighted by molar-refractivity contribution is -0.118. The number of hydrogen-bond acceptors (Lipinski definition) is 4. The second-order valence-corrected chi connectivity index (χ2v) is 5.89. The molecular formula is C16H12F2N2O2S. The Morgan fingerprint density at radius 1 is 1.30 bits per heavy atom. The molecule has 1 heterocycles. The van der Waals surface area contributed by atoms with Gasteiger partial charge in [-0.15, -0.1) is 0 Å². The first kappa shape index (κ1) is 15.4. The first-order valence-corrected chi connectivity index (χ1v) is 7.58. The van der Waals surface area contributed by atoms with Crippen LogP contribution in [-0.2, 0) is 4.79 Å². The molecule has 4 nitrogen and oxygen atoms in total. The second kappa shape index (κ2) is 6.29. The van der Waals surface area contributed by atoms with E-state index in [4.69, 9.17) is 4.74 Å². The number of anilines is 1. The van der Waals surface area contributed by atoms with Gasteiger partial charge in [-0.25, -0.2) is 13.8 Å². The molecule has 3 aromatic rings. The summed E-state index contributed by atoms with van der Waals surface area (Å²) in [5.74, 6) is -1.25. The highest BCUT2D eigenvalue weighted by Gasteiger charge is 2.13. The van der Waals surface area contributed by atoms with E-state index >= 15 is 0 Å². The lowest BCUT2D eigenvalue weighted by Crippen LogP contribution is -2.20.